The van der Waals surface area contributed by atoms with Gasteiger partial charge in [0.2, 0.25) is 11.8 Å². The number of halogens is 1. The standard InChI is InChI=1S/C9H13BrN4O/c1-2-3-4-5-15-8-7(10)6-12-9(13-8)14-11/h2,6H,1,3-5,11H2,(H,12,13,14). The Balaban J connectivity index is 2.54. The van der Waals surface area contributed by atoms with Gasteiger partial charge < -0.3 is 4.74 Å². The smallest absolute Gasteiger partial charge is 0.240 e. The summed E-state index contributed by atoms with van der Waals surface area (Å²) in [6, 6.07) is 0. The molecule has 0 aromatic carbocycles. The number of hydrazine groups is 1. The molecule has 5 nitrogen and oxygen atoms in total. The summed E-state index contributed by atoms with van der Waals surface area (Å²) in [5, 5.41) is 0. The van der Waals surface area contributed by atoms with Crippen molar-refractivity contribution in [2.24, 2.45) is 5.84 Å². The van der Waals surface area contributed by atoms with E-state index in [0.29, 0.717) is 22.9 Å². The Morgan fingerprint density at radius 1 is 1.67 bits per heavy atom. The summed E-state index contributed by atoms with van der Waals surface area (Å²) in [5.74, 6) is 6.00. The van der Waals surface area contributed by atoms with E-state index >= 15 is 0 Å². The predicted octanol–water partition coefficient (Wildman–Crippen LogP) is 1.87. The third-order valence-corrected chi connectivity index (χ3v) is 2.18. The van der Waals surface area contributed by atoms with Gasteiger partial charge in [-0.3, -0.25) is 5.43 Å². The maximum Gasteiger partial charge on any atom is 0.240 e. The van der Waals surface area contributed by atoms with Gasteiger partial charge in [0.25, 0.3) is 0 Å². The zero-order chi connectivity index (χ0) is 11.1. The van der Waals surface area contributed by atoms with Crippen LogP contribution in [-0.4, -0.2) is 16.6 Å². The first-order chi connectivity index (χ1) is 7.27. The van der Waals surface area contributed by atoms with Crippen LogP contribution in [0.15, 0.2) is 23.3 Å². The molecule has 0 bridgehead atoms. The average Bonchev–Trinajstić information content (AvgIpc) is 2.26. The second-order valence-corrected chi connectivity index (χ2v) is 3.62. The van der Waals surface area contributed by atoms with Crippen molar-refractivity contribution in [3.8, 4) is 5.88 Å². The van der Waals surface area contributed by atoms with E-state index in [0.717, 1.165) is 12.8 Å². The van der Waals surface area contributed by atoms with E-state index < -0.39 is 0 Å². The summed E-state index contributed by atoms with van der Waals surface area (Å²) in [5.41, 5.74) is 2.36. The normalized spacial score (nSPS) is 9.73. The molecule has 0 unspecified atom stereocenters. The molecule has 0 radical (unpaired) electrons. The van der Waals surface area contributed by atoms with E-state index in [4.69, 9.17) is 10.6 Å². The van der Waals surface area contributed by atoms with E-state index in [1.165, 1.54) is 0 Å². The number of ether oxygens (including phenoxy) is 1. The summed E-state index contributed by atoms with van der Waals surface area (Å²) >= 11 is 3.29. The number of aromatic nitrogens is 2. The number of unbranched alkanes of at least 4 members (excludes halogenated alkanes) is 1. The van der Waals surface area contributed by atoms with Crippen LogP contribution in [0.3, 0.4) is 0 Å². The molecule has 0 aliphatic carbocycles. The summed E-state index contributed by atoms with van der Waals surface area (Å²) in [4.78, 5) is 7.96. The zero-order valence-corrected chi connectivity index (χ0v) is 9.83. The molecular weight excluding hydrogens is 260 g/mol. The topological polar surface area (TPSA) is 73.1 Å². The van der Waals surface area contributed by atoms with Gasteiger partial charge in [0.05, 0.1) is 17.3 Å². The minimum Gasteiger partial charge on any atom is -0.477 e. The quantitative estimate of drug-likeness (QED) is 0.358. The maximum absolute atomic E-state index is 5.44. The molecule has 3 N–H and O–H groups in total. The van der Waals surface area contributed by atoms with E-state index in [2.05, 4.69) is 37.9 Å². The van der Waals surface area contributed by atoms with Crippen LogP contribution in [0.1, 0.15) is 12.8 Å². The van der Waals surface area contributed by atoms with Crippen molar-refractivity contribution in [1.29, 1.82) is 0 Å². The van der Waals surface area contributed by atoms with Crippen LogP contribution in [0.5, 0.6) is 5.88 Å². The summed E-state index contributed by atoms with van der Waals surface area (Å²) in [6.45, 7) is 4.22. The zero-order valence-electron chi connectivity index (χ0n) is 8.24. The Morgan fingerprint density at radius 3 is 3.13 bits per heavy atom. The summed E-state index contributed by atoms with van der Waals surface area (Å²) in [6.07, 6.45) is 5.27. The van der Waals surface area contributed by atoms with Gasteiger partial charge in [0, 0.05) is 0 Å². The molecule has 1 heterocycles. The van der Waals surface area contributed by atoms with E-state index in [1.807, 2.05) is 6.08 Å². The first-order valence-electron chi connectivity index (χ1n) is 4.50. The van der Waals surface area contributed by atoms with Crippen molar-refractivity contribution in [1.82, 2.24) is 9.97 Å². The lowest BCUT2D eigenvalue weighted by atomic mass is 10.3. The molecule has 0 spiro atoms. The highest BCUT2D eigenvalue weighted by Crippen LogP contribution is 2.22. The molecule has 0 aliphatic rings. The molecule has 82 valence electrons. The van der Waals surface area contributed by atoms with Crippen LogP contribution in [0.25, 0.3) is 0 Å². The fourth-order valence-corrected chi connectivity index (χ4v) is 1.22. The molecule has 0 atom stereocenters. The van der Waals surface area contributed by atoms with Crippen LogP contribution >= 0.6 is 15.9 Å². The fourth-order valence-electron chi connectivity index (χ4n) is 0.919. The number of allylic oxidation sites excluding steroid dienone is 1. The number of anilines is 1. The van der Waals surface area contributed by atoms with Gasteiger partial charge >= 0.3 is 0 Å². The van der Waals surface area contributed by atoms with Gasteiger partial charge in [-0.1, -0.05) is 6.08 Å². The first-order valence-corrected chi connectivity index (χ1v) is 5.30. The molecule has 0 saturated carbocycles. The number of nitrogens with zero attached hydrogens (tertiary/aromatic N) is 2. The Bertz CT molecular complexity index is 332. The lowest BCUT2D eigenvalue weighted by molar-refractivity contribution is 0.298. The number of hydrogen-bond acceptors (Lipinski definition) is 5. The van der Waals surface area contributed by atoms with Crippen molar-refractivity contribution in [2.45, 2.75) is 12.8 Å². The number of nitrogens with one attached hydrogen (secondary N) is 1. The van der Waals surface area contributed by atoms with Gasteiger partial charge in [0.15, 0.2) is 0 Å². The van der Waals surface area contributed by atoms with Gasteiger partial charge in [-0.15, -0.1) is 6.58 Å². The third-order valence-electron chi connectivity index (χ3n) is 1.63. The highest BCUT2D eigenvalue weighted by Gasteiger charge is 2.04. The van der Waals surface area contributed by atoms with Crippen LogP contribution in [0.4, 0.5) is 5.95 Å². The molecule has 1 aromatic rings. The number of nitrogen functional groups attached to an aromatic ring is 1. The maximum atomic E-state index is 5.44. The second kappa shape index (κ2) is 6.36. The number of nitrogens with two attached hydrogens (primary N) is 1. The van der Waals surface area contributed by atoms with Gasteiger partial charge in [-0.2, -0.15) is 4.98 Å². The highest BCUT2D eigenvalue weighted by atomic mass is 79.9. The molecule has 0 fully saturated rings. The minimum absolute atomic E-state index is 0.330. The van der Waals surface area contributed by atoms with E-state index in [-0.39, 0.29) is 0 Å². The van der Waals surface area contributed by atoms with Gasteiger partial charge in [-0.25, -0.2) is 10.8 Å². The molecule has 6 heteroatoms. The highest BCUT2D eigenvalue weighted by molar-refractivity contribution is 9.10. The lowest BCUT2D eigenvalue weighted by Crippen LogP contribution is -2.11. The van der Waals surface area contributed by atoms with Crippen LogP contribution < -0.4 is 16.0 Å². The molecule has 0 aliphatic heterocycles. The van der Waals surface area contributed by atoms with Crippen molar-refractivity contribution >= 4 is 21.9 Å². The molecule has 0 amide bonds. The van der Waals surface area contributed by atoms with Crippen LogP contribution in [0, 0.1) is 0 Å². The summed E-state index contributed by atoms with van der Waals surface area (Å²) in [7, 11) is 0. The third kappa shape index (κ3) is 3.85. The van der Waals surface area contributed by atoms with Crippen LogP contribution in [-0.2, 0) is 0 Å². The first kappa shape index (κ1) is 11.9. The van der Waals surface area contributed by atoms with E-state index in [1.54, 1.807) is 6.20 Å². The van der Waals surface area contributed by atoms with Crippen molar-refractivity contribution in [2.75, 3.05) is 12.0 Å². The fraction of sp³-hybridized carbons (Fsp3) is 0.333. The minimum atomic E-state index is 0.330. The summed E-state index contributed by atoms with van der Waals surface area (Å²) < 4.78 is 6.15. The molecule has 0 saturated heterocycles. The van der Waals surface area contributed by atoms with E-state index in [9.17, 15) is 0 Å². The van der Waals surface area contributed by atoms with Gasteiger partial charge in [-0.05, 0) is 28.8 Å². The Hall–Kier alpha value is -1.14. The van der Waals surface area contributed by atoms with Crippen molar-refractivity contribution in [3.05, 3.63) is 23.3 Å². The van der Waals surface area contributed by atoms with Crippen LogP contribution in [0.2, 0.25) is 0 Å². The van der Waals surface area contributed by atoms with Gasteiger partial charge in [0.1, 0.15) is 0 Å². The number of hydrogen-bond donors (Lipinski definition) is 2. The molecular formula is C9H13BrN4O. The Morgan fingerprint density at radius 2 is 2.47 bits per heavy atom. The molecule has 1 aromatic heterocycles. The molecule has 15 heavy (non-hydrogen) atoms. The largest absolute Gasteiger partial charge is 0.477 e. The average molecular weight is 273 g/mol. The Labute approximate surface area is 96.8 Å². The predicted molar refractivity (Wildman–Crippen MR) is 62.5 cm³/mol. The van der Waals surface area contributed by atoms with Crippen molar-refractivity contribution in [3.63, 3.8) is 0 Å². The number of rotatable bonds is 6. The lowest BCUT2D eigenvalue weighted by Gasteiger charge is -2.07. The molecule has 1 rings (SSSR count). The SMILES string of the molecule is C=CCCCOc1nc(NN)ncc1Br. The Kier molecular flexibility index (Phi) is 5.06. The second-order valence-electron chi connectivity index (χ2n) is 2.77. The monoisotopic (exact) mass is 272 g/mol. The van der Waals surface area contributed by atoms with Crippen molar-refractivity contribution < 1.29 is 4.74 Å².